The number of hydrogen-bond acceptors (Lipinski definition) is 4. The van der Waals surface area contributed by atoms with E-state index in [1.54, 1.807) is 6.20 Å². The molecule has 0 aliphatic carbocycles. The van der Waals surface area contributed by atoms with Crippen molar-refractivity contribution >= 4 is 16.9 Å². The van der Waals surface area contributed by atoms with E-state index in [4.69, 9.17) is 5.73 Å². The van der Waals surface area contributed by atoms with Gasteiger partial charge in [0.1, 0.15) is 0 Å². The van der Waals surface area contributed by atoms with Crippen molar-refractivity contribution in [2.75, 3.05) is 7.11 Å². The lowest BCUT2D eigenvalue weighted by Crippen LogP contribution is -2.24. The van der Waals surface area contributed by atoms with Crippen molar-refractivity contribution in [3.8, 4) is 0 Å². The first-order valence-corrected chi connectivity index (χ1v) is 6.35. The number of ether oxygens (including phenoxy) is 1. The summed E-state index contributed by atoms with van der Waals surface area (Å²) in [6, 6.07) is 10.0. The normalized spacial score (nSPS) is 12.3. The van der Waals surface area contributed by atoms with Crippen molar-refractivity contribution in [3.63, 3.8) is 0 Å². The summed E-state index contributed by atoms with van der Waals surface area (Å²) >= 11 is 0. The van der Waals surface area contributed by atoms with E-state index in [-0.39, 0.29) is 12.0 Å². The van der Waals surface area contributed by atoms with E-state index in [1.807, 2.05) is 24.3 Å². The molecule has 2 aromatic rings. The second-order valence-electron chi connectivity index (χ2n) is 4.61. The molecule has 19 heavy (non-hydrogen) atoms. The zero-order valence-corrected chi connectivity index (χ0v) is 11.0. The molecule has 1 atom stereocenters. The molecular weight excluding hydrogens is 240 g/mol. The van der Waals surface area contributed by atoms with Crippen molar-refractivity contribution in [1.82, 2.24) is 4.98 Å². The number of fused-ring (bicyclic) bond motifs is 1. The largest absolute Gasteiger partial charge is 0.469 e. The Morgan fingerprint density at radius 1 is 1.42 bits per heavy atom. The molecule has 1 aromatic carbocycles. The third-order valence-corrected chi connectivity index (χ3v) is 3.11. The number of benzene rings is 1. The molecule has 0 aliphatic heterocycles. The number of hydrogen-bond donors (Lipinski definition) is 1. The Morgan fingerprint density at radius 2 is 2.26 bits per heavy atom. The highest BCUT2D eigenvalue weighted by molar-refractivity contribution is 5.78. The van der Waals surface area contributed by atoms with Gasteiger partial charge in [-0.25, -0.2) is 0 Å². The number of nitrogens with two attached hydrogens (primary N) is 1. The zero-order chi connectivity index (χ0) is 13.7. The molecule has 2 N–H and O–H groups in total. The summed E-state index contributed by atoms with van der Waals surface area (Å²) in [5.41, 5.74) is 8.17. The molecule has 0 fully saturated rings. The number of rotatable bonds is 5. The van der Waals surface area contributed by atoms with E-state index in [1.165, 1.54) is 7.11 Å². The van der Waals surface area contributed by atoms with Crippen molar-refractivity contribution in [2.45, 2.75) is 25.3 Å². The summed E-state index contributed by atoms with van der Waals surface area (Å²) < 4.78 is 4.61. The van der Waals surface area contributed by atoms with Crippen LogP contribution in [0.4, 0.5) is 0 Å². The van der Waals surface area contributed by atoms with Gasteiger partial charge >= 0.3 is 5.97 Å². The summed E-state index contributed by atoms with van der Waals surface area (Å²) in [5, 5.41) is 1.11. The second kappa shape index (κ2) is 6.29. The topological polar surface area (TPSA) is 65.2 Å². The van der Waals surface area contributed by atoms with Crippen molar-refractivity contribution in [2.24, 2.45) is 5.73 Å². The lowest BCUT2D eigenvalue weighted by Gasteiger charge is -2.11. The molecule has 0 aliphatic rings. The number of pyridine rings is 1. The van der Waals surface area contributed by atoms with Crippen LogP contribution in [-0.4, -0.2) is 24.1 Å². The van der Waals surface area contributed by atoms with E-state index >= 15 is 0 Å². The highest BCUT2D eigenvalue weighted by Crippen LogP contribution is 2.15. The van der Waals surface area contributed by atoms with Gasteiger partial charge in [-0.3, -0.25) is 9.78 Å². The average molecular weight is 258 g/mol. The molecule has 4 heteroatoms. The molecular formula is C15H18N2O2. The molecule has 100 valence electrons. The molecule has 1 aromatic heterocycles. The minimum absolute atomic E-state index is 0.0341. The number of carbonyl (C=O) groups is 1. The number of methoxy groups -OCH3 is 1. The summed E-state index contributed by atoms with van der Waals surface area (Å²) in [6.07, 6.45) is 3.54. The van der Waals surface area contributed by atoms with Crippen LogP contribution >= 0.6 is 0 Å². The third-order valence-electron chi connectivity index (χ3n) is 3.11. The van der Waals surface area contributed by atoms with Gasteiger partial charge in [-0.1, -0.05) is 12.1 Å². The molecule has 1 heterocycles. The molecule has 0 bridgehead atoms. The zero-order valence-electron chi connectivity index (χ0n) is 11.0. The predicted octanol–water partition coefficient (Wildman–Crippen LogP) is 2.06. The van der Waals surface area contributed by atoms with Gasteiger partial charge < -0.3 is 10.5 Å². The highest BCUT2D eigenvalue weighted by Gasteiger charge is 2.08. The molecule has 1 unspecified atom stereocenters. The minimum Gasteiger partial charge on any atom is -0.469 e. The maximum absolute atomic E-state index is 11.1. The van der Waals surface area contributed by atoms with Gasteiger partial charge in [0, 0.05) is 24.0 Å². The van der Waals surface area contributed by atoms with E-state index in [9.17, 15) is 4.79 Å². The van der Waals surface area contributed by atoms with Crippen LogP contribution in [0.25, 0.3) is 10.9 Å². The van der Waals surface area contributed by atoms with E-state index in [2.05, 4.69) is 15.8 Å². The third kappa shape index (κ3) is 3.76. The quantitative estimate of drug-likeness (QED) is 0.834. The van der Waals surface area contributed by atoms with Crippen molar-refractivity contribution < 1.29 is 9.53 Å². The van der Waals surface area contributed by atoms with E-state index in [0.717, 1.165) is 22.9 Å². The highest BCUT2D eigenvalue weighted by atomic mass is 16.5. The van der Waals surface area contributed by atoms with E-state index in [0.29, 0.717) is 12.8 Å². The Labute approximate surface area is 112 Å². The standard InChI is InChI=1S/C15H18N2O2/c1-19-15(18)7-5-13(16)10-11-4-6-14-12(9-11)3-2-8-17-14/h2-4,6,8-9,13H,5,7,10,16H2,1H3. The maximum Gasteiger partial charge on any atom is 0.305 e. The Bertz CT molecular complexity index is 569. The van der Waals surface area contributed by atoms with Crippen LogP contribution in [0.5, 0.6) is 0 Å². The Morgan fingerprint density at radius 3 is 3.05 bits per heavy atom. The smallest absolute Gasteiger partial charge is 0.305 e. The van der Waals surface area contributed by atoms with Gasteiger partial charge in [-0.05, 0) is 36.6 Å². The van der Waals surface area contributed by atoms with Crippen LogP contribution in [0.15, 0.2) is 36.5 Å². The first-order chi connectivity index (χ1) is 9.19. The van der Waals surface area contributed by atoms with Crippen LogP contribution < -0.4 is 5.73 Å². The fraction of sp³-hybridized carbons (Fsp3) is 0.333. The van der Waals surface area contributed by atoms with Crippen LogP contribution in [0.1, 0.15) is 18.4 Å². The van der Waals surface area contributed by atoms with Gasteiger partial charge in [0.2, 0.25) is 0 Å². The molecule has 0 amide bonds. The Kier molecular flexibility index (Phi) is 4.47. The summed E-state index contributed by atoms with van der Waals surface area (Å²) in [4.78, 5) is 15.3. The maximum atomic E-state index is 11.1. The SMILES string of the molecule is COC(=O)CCC(N)Cc1ccc2ncccc2c1. The van der Waals surface area contributed by atoms with Crippen LogP contribution in [0, 0.1) is 0 Å². The van der Waals surface area contributed by atoms with Crippen molar-refractivity contribution in [1.29, 1.82) is 0 Å². The van der Waals surface area contributed by atoms with Crippen molar-refractivity contribution in [3.05, 3.63) is 42.1 Å². The monoisotopic (exact) mass is 258 g/mol. The molecule has 0 radical (unpaired) electrons. The second-order valence-corrected chi connectivity index (χ2v) is 4.61. The fourth-order valence-electron chi connectivity index (χ4n) is 2.06. The van der Waals surface area contributed by atoms with Gasteiger partial charge in [-0.2, -0.15) is 0 Å². The first-order valence-electron chi connectivity index (χ1n) is 6.35. The molecule has 0 saturated carbocycles. The lowest BCUT2D eigenvalue weighted by atomic mass is 10.0. The van der Waals surface area contributed by atoms with Gasteiger partial charge in [0.15, 0.2) is 0 Å². The minimum atomic E-state index is -0.210. The number of esters is 1. The van der Waals surface area contributed by atoms with E-state index < -0.39 is 0 Å². The predicted molar refractivity (Wildman–Crippen MR) is 74.7 cm³/mol. The Balaban J connectivity index is 1.98. The Hall–Kier alpha value is -1.94. The lowest BCUT2D eigenvalue weighted by molar-refractivity contribution is -0.140. The van der Waals surface area contributed by atoms with Crippen LogP contribution in [-0.2, 0) is 16.0 Å². The van der Waals surface area contributed by atoms with Gasteiger partial charge in [0.25, 0.3) is 0 Å². The summed E-state index contributed by atoms with van der Waals surface area (Å²) in [6.45, 7) is 0. The fourth-order valence-corrected chi connectivity index (χ4v) is 2.06. The van der Waals surface area contributed by atoms with Gasteiger partial charge in [-0.15, -0.1) is 0 Å². The molecule has 0 spiro atoms. The van der Waals surface area contributed by atoms with Crippen LogP contribution in [0.3, 0.4) is 0 Å². The molecule has 0 saturated heterocycles. The number of aromatic nitrogens is 1. The molecule has 4 nitrogen and oxygen atoms in total. The first kappa shape index (κ1) is 13.5. The summed E-state index contributed by atoms with van der Waals surface area (Å²) in [7, 11) is 1.39. The molecule has 2 rings (SSSR count). The average Bonchev–Trinajstić information content (AvgIpc) is 2.44. The summed E-state index contributed by atoms with van der Waals surface area (Å²) in [5.74, 6) is -0.210. The van der Waals surface area contributed by atoms with Gasteiger partial charge in [0.05, 0.1) is 12.6 Å². The number of nitrogens with zero attached hydrogens (tertiary/aromatic N) is 1. The number of carbonyl (C=O) groups excluding carboxylic acids is 1. The van der Waals surface area contributed by atoms with Crippen LogP contribution in [0.2, 0.25) is 0 Å².